The van der Waals surface area contributed by atoms with Crippen LogP contribution < -0.4 is 0 Å². The highest BCUT2D eigenvalue weighted by molar-refractivity contribution is 5.70. The molecule has 0 aromatic rings. The van der Waals surface area contributed by atoms with Gasteiger partial charge in [-0.3, -0.25) is 14.4 Å². The van der Waals surface area contributed by atoms with Gasteiger partial charge in [-0.15, -0.1) is 0 Å². The third-order valence-electron chi connectivity index (χ3n) is 8.39. The standard InChI is InChI=1S/C43H74O6/c1-4-6-8-10-12-14-16-18-20-21-23-25-27-29-31-33-35-37-43(46)49-41(38-47-40(3)44)39-48-42(45)36-34-32-30-28-26-24-22-19-17-15-13-11-9-7-5-2/h12,14,18,20,23,25,29,31,41H,4-11,13,15-17,19,21-22,24,26-28,30,32-39H2,1-3H3/b14-12-,20-18-,25-23-,31-29-/t41-/m0/s1. The summed E-state index contributed by atoms with van der Waals surface area (Å²) in [6.45, 7) is 5.57. The molecule has 0 heterocycles. The number of allylic oxidation sites excluding steroid dienone is 8. The molecule has 282 valence electrons. The van der Waals surface area contributed by atoms with E-state index in [-0.39, 0.29) is 31.6 Å². The van der Waals surface area contributed by atoms with Crippen molar-refractivity contribution in [3.8, 4) is 0 Å². The monoisotopic (exact) mass is 687 g/mol. The van der Waals surface area contributed by atoms with Gasteiger partial charge >= 0.3 is 17.9 Å². The predicted octanol–water partition coefficient (Wildman–Crippen LogP) is 12.4. The Kier molecular flexibility index (Phi) is 36.1. The minimum absolute atomic E-state index is 0.103. The highest BCUT2D eigenvalue weighted by Gasteiger charge is 2.18. The van der Waals surface area contributed by atoms with Gasteiger partial charge in [0.05, 0.1) is 0 Å². The molecule has 6 nitrogen and oxygen atoms in total. The van der Waals surface area contributed by atoms with E-state index in [0.29, 0.717) is 12.8 Å². The van der Waals surface area contributed by atoms with Crippen molar-refractivity contribution in [1.82, 2.24) is 0 Å². The van der Waals surface area contributed by atoms with Crippen molar-refractivity contribution in [2.45, 2.75) is 194 Å². The van der Waals surface area contributed by atoms with Crippen LogP contribution in [0.25, 0.3) is 0 Å². The van der Waals surface area contributed by atoms with E-state index in [9.17, 15) is 14.4 Å². The number of ether oxygens (including phenoxy) is 3. The normalized spacial score (nSPS) is 12.5. The molecule has 0 saturated heterocycles. The van der Waals surface area contributed by atoms with Gasteiger partial charge < -0.3 is 14.2 Å². The molecular weight excluding hydrogens is 612 g/mol. The SMILES string of the molecule is CCCCC/C=C\C/C=C\C/C=C\C/C=C\CCCC(=O)O[C@@H](COC(C)=O)COC(=O)CCCCCCCCCCCCCCCCC. The number of unbranched alkanes of at least 4 members (excludes halogenated alkanes) is 18. The molecule has 0 aromatic heterocycles. The molecule has 6 heteroatoms. The molecule has 0 unspecified atom stereocenters. The van der Waals surface area contributed by atoms with E-state index in [1.165, 1.54) is 110 Å². The molecule has 0 fully saturated rings. The van der Waals surface area contributed by atoms with Crippen LogP contribution in [0.5, 0.6) is 0 Å². The Morgan fingerprint density at radius 2 is 0.837 bits per heavy atom. The molecule has 0 radical (unpaired) electrons. The molecule has 0 bridgehead atoms. The molecule has 0 aliphatic rings. The summed E-state index contributed by atoms with van der Waals surface area (Å²) in [7, 11) is 0. The molecule has 49 heavy (non-hydrogen) atoms. The minimum Gasteiger partial charge on any atom is -0.462 e. The van der Waals surface area contributed by atoms with E-state index >= 15 is 0 Å². The van der Waals surface area contributed by atoms with E-state index in [2.05, 4.69) is 62.5 Å². The number of carbonyl (C=O) groups excluding carboxylic acids is 3. The third kappa shape index (κ3) is 38.0. The second-order valence-electron chi connectivity index (χ2n) is 13.3. The van der Waals surface area contributed by atoms with Gasteiger partial charge in [-0.25, -0.2) is 0 Å². The van der Waals surface area contributed by atoms with Crippen LogP contribution in [-0.4, -0.2) is 37.2 Å². The van der Waals surface area contributed by atoms with Gasteiger partial charge in [0.1, 0.15) is 13.2 Å². The molecular formula is C43H74O6. The highest BCUT2D eigenvalue weighted by Crippen LogP contribution is 2.14. The van der Waals surface area contributed by atoms with Crippen LogP contribution in [0.2, 0.25) is 0 Å². The van der Waals surface area contributed by atoms with Gasteiger partial charge in [-0.1, -0.05) is 165 Å². The van der Waals surface area contributed by atoms with Crippen molar-refractivity contribution in [3.05, 3.63) is 48.6 Å². The fraction of sp³-hybridized carbons (Fsp3) is 0.744. The molecule has 0 aromatic carbocycles. The Morgan fingerprint density at radius 1 is 0.449 bits per heavy atom. The van der Waals surface area contributed by atoms with Crippen molar-refractivity contribution in [2.24, 2.45) is 0 Å². The zero-order valence-electron chi connectivity index (χ0n) is 31.9. The van der Waals surface area contributed by atoms with Crippen molar-refractivity contribution >= 4 is 17.9 Å². The van der Waals surface area contributed by atoms with Crippen molar-refractivity contribution in [2.75, 3.05) is 13.2 Å². The second kappa shape index (κ2) is 38.2. The first kappa shape index (κ1) is 46.4. The molecule has 0 N–H and O–H groups in total. The third-order valence-corrected chi connectivity index (χ3v) is 8.39. The molecule has 1 atom stereocenters. The summed E-state index contributed by atoms with van der Waals surface area (Å²) in [5.74, 6) is -1.16. The van der Waals surface area contributed by atoms with Gasteiger partial charge in [0.2, 0.25) is 0 Å². The molecule has 0 spiro atoms. The Labute approximate surface area is 301 Å². The Hall–Kier alpha value is -2.63. The van der Waals surface area contributed by atoms with E-state index in [1.807, 2.05) is 0 Å². The first-order valence-electron chi connectivity index (χ1n) is 20.1. The summed E-state index contributed by atoms with van der Waals surface area (Å²) in [6, 6.07) is 0. The van der Waals surface area contributed by atoms with Gasteiger partial charge in [-0.05, 0) is 51.4 Å². The van der Waals surface area contributed by atoms with Crippen molar-refractivity contribution < 1.29 is 28.6 Å². The van der Waals surface area contributed by atoms with Crippen LogP contribution in [0.15, 0.2) is 48.6 Å². The van der Waals surface area contributed by atoms with Gasteiger partial charge in [-0.2, -0.15) is 0 Å². The average molecular weight is 687 g/mol. The zero-order chi connectivity index (χ0) is 35.9. The van der Waals surface area contributed by atoms with E-state index in [0.717, 1.165) is 44.9 Å². The molecule has 0 saturated carbocycles. The smallest absolute Gasteiger partial charge is 0.306 e. The Bertz CT molecular complexity index is 887. The summed E-state index contributed by atoms with van der Waals surface area (Å²) in [6.07, 6.45) is 45.6. The minimum atomic E-state index is -0.794. The number of hydrogen-bond acceptors (Lipinski definition) is 6. The predicted molar refractivity (Wildman–Crippen MR) is 205 cm³/mol. The fourth-order valence-electron chi connectivity index (χ4n) is 5.40. The molecule has 0 aliphatic heterocycles. The lowest BCUT2D eigenvalue weighted by Crippen LogP contribution is -2.30. The summed E-state index contributed by atoms with van der Waals surface area (Å²) >= 11 is 0. The van der Waals surface area contributed by atoms with E-state index < -0.39 is 12.1 Å². The van der Waals surface area contributed by atoms with Crippen LogP contribution in [0.1, 0.15) is 188 Å². The summed E-state index contributed by atoms with van der Waals surface area (Å²) in [5, 5.41) is 0. The van der Waals surface area contributed by atoms with Gasteiger partial charge in [0.25, 0.3) is 0 Å². The zero-order valence-corrected chi connectivity index (χ0v) is 31.9. The summed E-state index contributed by atoms with van der Waals surface area (Å²) < 4.78 is 15.9. The maximum absolute atomic E-state index is 12.4. The van der Waals surface area contributed by atoms with E-state index in [1.54, 1.807) is 0 Å². The van der Waals surface area contributed by atoms with Crippen LogP contribution in [-0.2, 0) is 28.6 Å². The fourth-order valence-corrected chi connectivity index (χ4v) is 5.40. The maximum Gasteiger partial charge on any atom is 0.306 e. The quantitative estimate of drug-likeness (QED) is 0.0286. The number of hydrogen-bond donors (Lipinski definition) is 0. The van der Waals surface area contributed by atoms with Crippen LogP contribution >= 0.6 is 0 Å². The Morgan fingerprint density at radius 3 is 1.33 bits per heavy atom. The van der Waals surface area contributed by atoms with Gasteiger partial charge in [0.15, 0.2) is 6.10 Å². The summed E-state index contributed by atoms with van der Waals surface area (Å²) in [5.41, 5.74) is 0. The number of rotatable bonds is 35. The lowest BCUT2D eigenvalue weighted by Gasteiger charge is -2.17. The number of esters is 3. The average Bonchev–Trinajstić information content (AvgIpc) is 3.09. The highest BCUT2D eigenvalue weighted by atomic mass is 16.6. The second-order valence-corrected chi connectivity index (χ2v) is 13.3. The van der Waals surface area contributed by atoms with Crippen molar-refractivity contribution in [3.63, 3.8) is 0 Å². The Balaban J connectivity index is 3.94. The topological polar surface area (TPSA) is 78.9 Å². The molecule has 0 amide bonds. The molecule has 0 rings (SSSR count). The van der Waals surface area contributed by atoms with Gasteiger partial charge in [0, 0.05) is 19.8 Å². The van der Waals surface area contributed by atoms with E-state index in [4.69, 9.17) is 14.2 Å². The number of carbonyl (C=O) groups is 3. The van der Waals surface area contributed by atoms with Crippen LogP contribution in [0.3, 0.4) is 0 Å². The first-order chi connectivity index (χ1) is 24.0. The molecule has 0 aliphatic carbocycles. The van der Waals surface area contributed by atoms with Crippen molar-refractivity contribution in [1.29, 1.82) is 0 Å². The largest absolute Gasteiger partial charge is 0.462 e. The van der Waals surface area contributed by atoms with Crippen LogP contribution in [0.4, 0.5) is 0 Å². The lowest BCUT2D eigenvalue weighted by atomic mass is 10.0. The lowest BCUT2D eigenvalue weighted by molar-refractivity contribution is -0.166. The summed E-state index contributed by atoms with van der Waals surface area (Å²) in [4.78, 5) is 35.9. The maximum atomic E-state index is 12.4. The van der Waals surface area contributed by atoms with Crippen LogP contribution in [0, 0.1) is 0 Å². The first-order valence-corrected chi connectivity index (χ1v) is 20.1.